The maximum Gasteiger partial charge on any atom is 0.407 e. The van der Waals surface area contributed by atoms with E-state index in [0.717, 1.165) is 18.4 Å². The lowest BCUT2D eigenvalue weighted by Gasteiger charge is -2.32. The van der Waals surface area contributed by atoms with Gasteiger partial charge in [-0.25, -0.2) is 4.79 Å². The highest BCUT2D eigenvalue weighted by Crippen LogP contribution is 2.17. The quantitative estimate of drug-likeness (QED) is 0.922. The summed E-state index contributed by atoms with van der Waals surface area (Å²) in [6.45, 7) is 5.32. The Hall–Kier alpha value is -2.24. The van der Waals surface area contributed by atoms with Crippen molar-refractivity contribution in [2.45, 2.75) is 32.7 Å². The van der Waals surface area contributed by atoms with Crippen molar-refractivity contribution < 1.29 is 19.1 Å². The first kappa shape index (κ1) is 17.1. The van der Waals surface area contributed by atoms with E-state index in [4.69, 9.17) is 4.74 Å². The summed E-state index contributed by atoms with van der Waals surface area (Å²) < 4.78 is 10.2. The van der Waals surface area contributed by atoms with Gasteiger partial charge in [-0.2, -0.15) is 0 Å². The van der Waals surface area contributed by atoms with Gasteiger partial charge in [-0.3, -0.25) is 4.79 Å². The lowest BCUT2D eigenvalue weighted by molar-refractivity contribution is -0.134. The summed E-state index contributed by atoms with van der Waals surface area (Å²) in [7, 11) is 1.35. The van der Waals surface area contributed by atoms with Crippen LogP contribution in [0.2, 0.25) is 0 Å². The van der Waals surface area contributed by atoms with Gasteiger partial charge in [0.25, 0.3) is 5.91 Å². The molecule has 23 heavy (non-hydrogen) atoms. The molecule has 1 aromatic carbocycles. The number of likely N-dealkylation sites (tertiary alicyclic amines) is 1. The topological polar surface area (TPSA) is 67.9 Å². The standard InChI is InChI=1S/C17H24N2O4/c1-12-4-5-15(10-13(12)2)23-11-16(20)19-8-6-14(7-9-19)18-17(21)22-3/h4-5,10,14H,6-9,11H2,1-3H3,(H,18,21). The molecule has 1 fully saturated rings. The maximum absolute atomic E-state index is 12.2. The number of methoxy groups -OCH3 is 1. The van der Waals surface area contributed by atoms with E-state index in [0.29, 0.717) is 18.8 Å². The number of nitrogens with zero attached hydrogens (tertiary/aromatic N) is 1. The molecule has 0 unspecified atom stereocenters. The summed E-state index contributed by atoms with van der Waals surface area (Å²) in [5, 5.41) is 2.77. The molecule has 0 aromatic heterocycles. The van der Waals surface area contributed by atoms with Crippen LogP contribution in [0.1, 0.15) is 24.0 Å². The molecule has 0 bridgehead atoms. The zero-order valence-corrected chi connectivity index (χ0v) is 13.9. The van der Waals surface area contributed by atoms with Crippen LogP contribution in [0.15, 0.2) is 18.2 Å². The van der Waals surface area contributed by atoms with Gasteiger partial charge in [0.1, 0.15) is 5.75 Å². The van der Waals surface area contributed by atoms with Crippen molar-refractivity contribution >= 4 is 12.0 Å². The monoisotopic (exact) mass is 320 g/mol. The third-order valence-electron chi connectivity index (χ3n) is 4.20. The van der Waals surface area contributed by atoms with E-state index < -0.39 is 6.09 Å². The van der Waals surface area contributed by atoms with Crippen LogP contribution in [-0.2, 0) is 9.53 Å². The smallest absolute Gasteiger partial charge is 0.407 e. The van der Waals surface area contributed by atoms with Crippen LogP contribution < -0.4 is 10.1 Å². The zero-order chi connectivity index (χ0) is 16.8. The van der Waals surface area contributed by atoms with E-state index in [1.807, 2.05) is 32.0 Å². The Kier molecular flexibility index (Phi) is 5.84. The van der Waals surface area contributed by atoms with Crippen molar-refractivity contribution in [1.29, 1.82) is 0 Å². The number of amides is 2. The highest BCUT2D eigenvalue weighted by atomic mass is 16.5. The van der Waals surface area contributed by atoms with Crippen molar-refractivity contribution in [1.82, 2.24) is 10.2 Å². The van der Waals surface area contributed by atoms with E-state index in [-0.39, 0.29) is 18.6 Å². The molecule has 0 spiro atoms. The van der Waals surface area contributed by atoms with Gasteiger partial charge in [0.15, 0.2) is 6.61 Å². The van der Waals surface area contributed by atoms with Crippen molar-refractivity contribution in [3.63, 3.8) is 0 Å². The first-order valence-electron chi connectivity index (χ1n) is 7.82. The Labute approximate surface area is 136 Å². The number of carbonyl (C=O) groups is 2. The van der Waals surface area contributed by atoms with Gasteiger partial charge in [0, 0.05) is 19.1 Å². The third kappa shape index (κ3) is 4.87. The first-order chi connectivity index (χ1) is 11.0. The number of benzene rings is 1. The predicted octanol–water partition coefficient (Wildman–Crippen LogP) is 2.03. The first-order valence-corrected chi connectivity index (χ1v) is 7.82. The SMILES string of the molecule is COC(=O)NC1CCN(C(=O)COc2ccc(C)c(C)c2)CC1. The Balaban J connectivity index is 1.76. The lowest BCUT2D eigenvalue weighted by Crippen LogP contribution is -2.47. The molecule has 2 amide bonds. The minimum atomic E-state index is -0.423. The van der Waals surface area contributed by atoms with Crippen LogP contribution in [0.4, 0.5) is 4.79 Å². The van der Waals surface area contributed by atoms with Crippen LogP contribution >= 0.6 is 0 Å². The second kappa shape index (κ2) is 7.85. The molecule has 1 aliphatic heterocycles. The average Bonchev–Trinajstić information content (AvgIpc) is 2.56. The van der Waals surface area contributed by atoms with Crippen molar-refractivity contribution in [2.75, 3.05) is 26.8 Å². The van der Waals surface area contributed by atoms with E-state index in [1.54, 1.807) is 4.90 Å². The fraction of sp³-hybridized carbons (Fsp3) is 0.529. The van der Waals surface area contributed by atoms with Gasteiger partial charge >= 0.3 is 6.09 Å². The molecule has 1 saturated heterocycles. The molecule has 0 atom stereocenters. The number of carbonyl (C=O) groups excluding carboxylic acids is 2. The van der Waals surface area contributed by atoms with Gasteiger partial charge in [0.2, 0.25) is 0 Å². The molecule has 126 valence electrons. The number of ether oxygens (including phenoxy) is 2. The fourth-order valence-corrected chi connectivity index (χ4v) is 2.54. The van der Waals surface area contributed by atoms with Crippen LogP contribution in [0.3, 0.4) is 0 Å². The summed E-state index contributed by atoms with van der Waals surface area (Å²) in [5.74, 6) is 0.684. The van der Waals surface area contributed by atoms with Crippen molar-refractivity contribution in [2.24, 2.45) is 0 Å². The number of rotatable bonds is 4. The number of aryl methyl sites for hydroxylation is 2. The van der Waals surface area contributed by atoms with Crippen molar-refractivity contribution in [3.8, 4) is 5.75 Å². The highest BCUT2D eigenvalue weighted by Gasteiger charge is 2.24. The highest BCUT2D eigenvalue weighted by molar-refractivity contribution is 5.78. The van der Waals surface area contributed by atoms with Crippen molar-refractivity contribution in [3.05, 3.63) is 29.3 Å². The summed E-state index contributed by atoms with van der Waals surface area (Å²) in [6.07, 6.45) is 1.03. The molecular weight excluding hydrogens is 296 g/mol. The van der Waals surface area contributed by atoms with Gasteiger partial charge < -0.3 is 19.7 Å². The number of alkyl carbamates (subject to hydrolysis) is 1. The largest absolute Gasteiger partial charge is 0.484 e. The van der Waals surface area contributed by atoms with Crippen LogP contribution in [0, 0.1) is 13.8 Å². The summed E-state index contributed by atoms with van der Waals surface area (Å²) in [5.41, 5.74) is 2.34. The molecule has 1 N–H and O–H groups in total. The number of nitrogens with one attached hydrogen (secondary N) is 1. The molecule has 1 aliphatic rings. The summed E-state index contributed by atoms with van der Waals surface area (Å²) in [4.78, 5) is 25.1. The van der Waals surface area contributed by atoms with Gasteiger partial charge in [-0.15, -0.1) is 0 Å². The third-order valence-corrected chi connectivity index (χ3v) is 4.20. The normalized spacial score (nSPS) is 15.2. The second-order valence-corrected chi connectivity index (χ2v) is 5.83. The molecule has 0 saturated carbocycles. The zero-order valence-electron chi connectivity index (χ0n) is 13.9. The molecule has 0 radical (unpaired) electrons. The molecular formula is C17H24N2O4. The molecule has 6 heteroatoms. The predicted molar refractivity (Wildman–Crippen MR) is 86.6 cm³/mol. The van der Waals surface area contributed by atoms with Crippen LogP contribution in [0.5, 0.6) is 5.75 Å². The van der Waals surface area contributed by atoms with E-state index >= 15 is 0 Å². The Morgan fingerprint density at radius 2 is 1.91 bits per heavy atom. The molecule has 1 aromatic rings. The molecule has 0 aliphatic carbocycles. The Morgan fingerprint density at radius 1 is 1.22 bits per heavy atom. The van der Waals surface area contributed by atoms with E-state index in [9.17, 15) is 9.59 Å². The summed E-state index contributed by atoms with van der Waals surface area (Å²) >= 11 is 0. The molecule has 1 heterocycles. The summed E-state index contributed by atoms with van der Waals surface area (Å²) in [6, 6.07) is 5.86. The average molecular weight is 320 g/mol. The van der Waals surface area contributed by atoms with Gasteiger partial charge in [0.05, 0.1) is 7.11 Å². The molecule has 2 rings (SSSR count). The van der Waals surface area contributed by atoms with E-state index in [1.165, 1.54) is 12.7 Å². The lowest BCUT2D eigenvalue weighted by atomic mass is 10.1. The maximum atomic E-state index is 12.2. The van der Waals surface area contributed by atoms with Gasteiger partial charge in [-0.05, 0) is 49.9 Å². The van der Waals surface area contributed by atoms with Crippen LogP contribution in [0.25, 0.3) is 0 Å². The van der Waals surface area contributed by atoms with E-state index in [2.05, 4.69) is 10.1 Å². The van der Waals surface area contributed by atoms with Crippen LogP contribution in [-0.4, -0.2) is 49.7 Å². The molecule has 6 nitrogen and oxygen atoms in total. The minimum Gasteiger partial charge on any atom is -0.484 e. The fourth-order valence-electron chi connectivity index (χ4n) is 2.54. The Bertz CT molecular complexity index is 566. The Morgan fingerprint density at radius 3 is 2.52 bits per heavy atom. The number of piperidine rings is 1. The van der Waals surface area contributed by atoms with Gasteiger partial charge in [-0.1, -0.05) is 6.07 Å². The number of hydrogen-bond acceptors (Lipinski definition) is 4. The minimum absolute atomic E-state index is 0.0280. The second-order valence-electron chi connectivity index (χ2n) is 5.83. The number of hydrogen-bond donors (Lipinski definition) is 1.